The second-order valence-corrected chi connectivity index (χ2v) is 5.91. The smallest absolute Gasteiger partial charge is 0.123 e. The second kappa shape index (κ2) is 5.17. The molecule has 0 amide bonds. The molecule has 0 aliphatic carbocycles. The summed E-state index contributed by atoms with van der Waals surface area (Å²) in [6.07, 6.45) is 3.82. The zero-order valence-corrected chi connectivity index (χ0v) is 12.2. The van der Waals surface area contributed by atoms with Crippen LogP contribution in [0.3, 0.4) is 0 Å². The number of nitrogens with zero attached hydrogens (tertiary/aromatic N) is 1. The third kappa shape index (κ3) is 2.63. The van der Waals surface area contributed by atoms with E-state index in [2.05, 4.69) is 31.0 Å². The van der Waals surface area contributed by atoms with Gasteiger partial charge in [-0.3, -0.25) is 0 Å². The molecule has 0 bridgehead atoms. The molecule has 0 aliphatic rings. The van der Waals surface area contributed by atoms with Gasteiger partial charge in [0.25, 0.3) is 0 Å². The maximum atomic E-state index is 13.1. The van der Waals surface area contributed by atoms with Crippen molar-refractivity contribution in [3.8, 4) is 0 Å². The van der Waals surface area contributed by atoms with Crippen molar-refractivity contribution in [2.24, 2.45) is 0 Å². The third-order valence-electron chi connectivity index (χ3n) is 3.29. The van der Waals surface area contributed by atoms with Crippen molar-refractivity contribution in [1.29, 1.82) is 0 Å². The first-order valence-corrected chi connectivity index (χ1v) is 7.25. The molecule has 0 spiro atoms. The summed E-state index contributed by atoms with van der Waals surface area (Å²) in [6.45, 7) is 4.20. The Morgan fingerprint density at radius 3 is 2.65 bits per heavy atom. The van der Waals surface area contributed by atoms with Crippen LogP contribution in [0, 0.1) is 19.7 Å². The lowest BCUT2D eigenvalue weighted by molar-refractivity contribution is 0.627. The van der Waals surface area contributed by atoms with Gasteiger partial charge >= 0.3 is 0 Å². The second-order valence-electron chi connectivity index (χ2n) is 4.84. The fraction of sp³-hybridized carbons (Fsp3) is 0.118. The Hall–Kier alpha value is -2.00. The number of halogens is 1. The minimum Gasteiger partial charge on any atom is -0.237 e. The van der Waals surface area contributed by atoms with Crippen molar-refractivity contribution in [3.63, 3.8) is 0 Å². The molecule has 3 heteroatoms. The van der Waals surface area contributed by atoms with Crippen molar-refractivity contribution in [2.45, 2.75) is 13.8 Å². The molecule has 0 saturated carbocycles. The Morgan fingerprint density at radius 2 is 1.85 bits per heavy atom. The lowest BCUT2D eigenvalue weighted by Gasteiger charge is -1.96. The van der Waals surface area contributed by atoms with Gasteiger partial charge in [-0.15, -0.1) is 11.3 Å². The molecule has 0 aliphatic heterocycles. The summed E-state index contributed by atoms with van der Waals surface area (Å²) < 4.78 is 14.3. The summed E-state index contributed by atoms with van der Waals surface area (Å²) >= 11 is 1.65. The number of hydrogen-bond donors (Lipinski definition) is 0. The van der Waals surface area contributed by atoms with E-state index < -0.39 is 0 Å². The molecule has 0 radical (unpaired) electrons. The molecule has 3 rings (SSSR count). The normalized spacial score (nSPS) is 11.6. The number of thiazole rings is 1. The van der Waals surface area contributed by atoms with Gasteiger partial charge in [-0.25, -0.2) is 9.37 Å². The highest BCUT2D eigenvalue weighted by Gasteiger charge is 2.03. The van der Waals surface area contributed by atoms with Crippen LogP contribution in [0.5, 0.6) is 0 Å². The number of aryl methyl sites for hydroxylation is 2. The summed E-state index contributed by atoms with van der Waals surface area (Å²) in [7, 11) is 0. The molecule has 0 unspecified atom stereocenters. The van der Waals surface area contributed by atoms with Crippen LogP contribution in [0.4, 0.5) is 4.39 Å². The summed E-state index contributed by atoms with van der Waals surface area (Å²) in [5.41, 5.74) is 4.40. The van der Waals surface area contributed by atoms with E-state index >= 15 is 0 Å². The number of aromatic nitrogens is 1. The van der Waals surface area contributed by atoms with E-state index in [1.54, 1.807) is 17.4 Å². The monoisotopic (exact) mass is 283 g/mol. The lowest BCUT2D eigenvalue weighted by Crippen LogP contribution is -1.79. The van der Waals surface area contributed by atoms with Gasteiger partial charge in [-0.1, -0.05) is 18.2 Å². The number of benzene rings is 2. The minimum atomic E-state index is -0.220. The van der Waals surface area contributed by atoms with Gasteiger partial charge in [0.05, 0.1) is 10.2 Å². The van der Waals surface area contributed by atoms with Crippen LogP contribution in [-0.4, -0.2) is 4.98 Å². The highest BCUT2D eigenvalue weighted by atomic mass is 32.1. The number of rotatable bonds is 2. The van der Waals surface area contributed by atoms with Crippen LogP contribution in [0.1, 0.15) is 21.7 Å². The van der Waals surface area contributed by atoms with Gasteiger partial charge in [0.2, 0.25) is 0 Å². The van der Waals surface area contributed by atoms with Crippen LogP contribution in [0.15, 0.2) is 36.4 Å². The van der Waals surface area contributed by atoms with Gasteiger partial charge < -0.3 is 0 Å². The Balaban J connectivity index is 1.95. The zero-order chi connectivity index (χ0) is 14.1. The fourth-order valence-electron chi connectivity index (χ4n) is 2.05. The van der Waals surface area contributed by atoms with Gasteiger partial charge in [0, 0.05) is 0 Å². The first-order chi connectivity index (χ1) is 9.61. The molecule has 100 valence electrons. The van der Waals surface area contributed by atoms with Crippen molar-refractivity contribution >= 4 is 33.7 Å². The molecule has 1 nitrogen and oxygen atoms in total. The quantitative estimate of drug-likeness (QED) is 0.628. The number of fused-ring (bicyclic) bond motifs is 1. The van der Waals surface area contributed by atoms with E-state index in [1.165, 1.54) is 28.0 Å². The van der Waals surface area contributed by atoms with Crippen LogP contribution < -0.4 is 0 Å². The van der Waals surface area contributed by atoms with Crippen molar-refractivity contribution < 1.29 is 4.39 Å². The molecule has 3 aromatic rings. The Morgan fingerprint density at radius 1 is 1.05 bits per heavy atom. The average molecular weight is 283 g/mol. The van der Waals surface area contributed by atoms with Crippen molar-refractivity contribution in [3.05, 3.63) is 63.9 Å². The highest BCUT2D eigenvalue weighted by Crippen LogP contribution is 2.26. The molecule has 0 N–H and O–H groups in total. The molecule has 1 heterocycles. The summed E-state index contributed by atoms with van der Waals surface area (Å²) in [4.78, 5) is 4.59. The van der Waals surface area contributed by atoms with Gasteiger partial charge in [-0.05, 0) is 60.9 Å². The third-order valence-corrected chi connectivity index (χ3v) is 4.27. The highest BCUT2D eigenvalue weighted by molar-refractivity contribution is 7.19. The fourth-order valence-corrected chi connectivity index (χ4v) is 3.00. The number of hydrogen-bond acceptors (Lipinski definition) is 2. The predicted molar refractivity (Wildman–Crippen MR) is 84.4 cm³/mol. The maximum Gasteiger partial charge on any atom is 0.123 e. The SMILES string of the molecule is Cc1cc2nc(/C=C/c3cccc(F)c3)sc2cc1C. The first kappa shape index (κ1) is 13.0. The Kier molecular flexibility index (Phi) is 3.36. The van der Waals surface area contributed by atoms with Crippen molar-refractivity contribution in [2.75, 3.05) is 0 Å². The first-order valence-electron chi connectivity index (χ1n) is 6.43. The molecule has 20 heavy (non-hydrogen) atoms. The molecule has 2 aromatic carbocycles. The average Bonchev–Trinajstić information content (AvgIpc) is 2.79. The minimum absolute atomic E-state index is 0.220. The van der Waals surface area contributed by atoms with Gasteiger partial charge in [0.15, 0.2) is 0 Å². The molecule has 1 aromatic heterocycles. The summed E-state index contributed by atoms with van der Waals surface area (Å²) in [5, 5.41) is 0.939. The predicted octanol–water partition coefficient (Wildman–Crippen LogP) is 5.22. The topological polar surface area (TPSA) is 12.9 Å². The van der Waals surface area contributed by atoms with Crippen LogP contribution in [-0.2, 0) is 0 Å². The van der Waals surface area contributed by atoms with E-state index in [0.717, 1.165) is 16.1 Å². The zero-order valence-electron chi connectivity index (χ0n) is 11.4. The van der Waals surface area contributed by atoms with Crippen LogP contribution in [0.25, 0.3) is 22.4 Å². The van der Waals surface area contributed by atoms with E-state index in [9.17, 15) is 4.39 Å². The van der Waals surface area contributed by atoms with Crippen molar-refractivity contribution in [1.82, 2.24) is 4.98 Å². The molecule has 0 fully saturated rings. The summed E-state index contributed by atoms with van der Waals surface area (Å²) in [5.74, 6) is -0.220. The Bertz CT molecular complexity index is 763. The van der Waals surface area contributed by atoms with Crippen LogP contribution in [0.2, 0.25) is 0 Å². The van der Waals surface area contributed by atoms with Gasteiger partial charge in [0.1, 0.15) is 10.8 Å². The molecular weight excluding hydrogens is 269 g/mol. The largest absolute Gasteiger partial charge is 0.237 e. The lowest BCUT2D eigenvalue weighted by atomic mass is 10.1. The standard InChI is InChI=1S/C17H14FNS/c1-11-8-15-16(9-12(11)2)20-17(19-15)7-6-13-4-3-5-14(18)10-13/h3-10H,1-2H3/b7-6+. The maximum absolute atomic E-state index is 13.1. The van der Waals surface area contributed by atoms with Gasteiger partial charge in [-0.2, -0.15) is 0 Å². The molecule has 0 saturated heterocycles. The Labute approximate surface area is 121 Å². The summed E-state index contributed by atoms with van der Waals surface area (Å²) in [6, 6.07) is 10.8. The van der Waals surface area contributed by atoms with E-state index in [1.807, 2.05) is 18.2 Å². The van der Waals surface area contributed by atoms with Crippen LogP contribution >= 0.6 is 11.3 Å². The molecular formula is C17H14FNS. The molecule has 0 atom stereocenters. The van der Waals surface area contributed by atoms with E-state index in [-0.39, 0.29) is 5.82 Å². The van der Waals surface area contributed by atoms with E-state index in [4.69, 9.17) is 0 Å². The van der Waals surface area contributed by atoms with E-state index in [0.29, 0.717) is 0 Å².